The van der Waals surface area contributed by atoms with Crippen LogP contribution in [0.3, 0.4) is 0 Å². The zero-order valence-corrected chi connectivity index (χ0v) is 11.6. The van der Waals surface area contributed by atoms with Crippen molar-refractivity contribution in [2.24, 2.45) is 7.05 Å². The van der Waals surface area contributed by atoms with Gasteiger partial charge in [0.05, 0.1) is 5.69 Å². The Kier molecular flexibility index (Phi) is 3.81. The smallest absolute Gasteiger partial charge is 0.241 e. The van der Waals surface area contributed by atoms with Crippen molar-refractivity contribution in [3.05, 3.63) is 30.0 Å². The van der Waals surface area contributed by atoms with Gasteiger partial charge >= 0.3 is 0 Å². The van der Waals surface area contributed by atoms with Crippen molar-refractivity contribution in [3.63, 3.8) is 0 Å². The maximum absolute atomic E-state index is 6.01. The predicted octanol–water partition coefficient (Wildman–Crippen LogP) is 3.08. The van der Waals surface area contributed by atoms with Crippen LogP contribution in [-0.2, 0) is 13.5 Å². The Morgan fingerprint density at radius 2 is 2.00 bits per heavy atom. The van der Waals surface area contributed by atoms with Gasteiger partial charge in [-0.15, -0.1) is 11.8 Å². The van der Waals surface area contributed by atoms with E-state index in [1.165, 1.54) is 4.90 Å². The van der Waals surface area contributed by atoms with E-state index in [1.54, 1.807) is 16.4 Å². The van der Waals surface area contributed by atoms with Gasteiger partial charge in [0.2, 0.25) is 5.88 Å². The molecule has 1 aromatic heterocycles. The molecule has 2 N–H and O–H groups in total. The van der Waals surface area contributed by atoms with Crippen LogP contribution >= 0.6 is 11.8 Å². The Bertz CT molecular complexity index is 534. The summed E-state index contributed by atoms with van der Waals surface area (Å²) >= 11 is 1.70. The number of nitrogens with zero attached hydrogens (tertiary/aromatic N) is 2. The van der Waals surface area contributed by atoms with Crippen molar-refractivity contribution in [1.29, 1.82) is 0 Å². The molecule has 0 saturated heterocycles. The van der Waals surface area contributed by atoms with Crippen LogP contribution in [0, 0.1) is 0 Å². The number of anilines is 1. The van der Waals surface area contributed by atoms with E-state index >= 15 is 0 Å². The van der Waals surface area contributed by atoms with Gasteiger partial charge < -0.3 is 10.5 Å². The van der Waals surface area contributed by atoms with E-state index in [-0.39, 0.29) is 0 Å². The van der Waals surface area contributed by atoms with Crippen molar-refractivity contribution in [2.75, 3.05) is 12.0 Å². The standard InChI is InChI=1S/C13H17N3OS/c1-4-11-12(14)13(16(2)15-11)17-9-5-7-10(18-3)8-6-9/h5-8H,4,14H2,1-3H3. The number of hydrogen-bond donors (Lipinski definition) is 1. The average Bonchev–Trinajstić information content (AvgIpc) is 2.67. The third kappa shape index (κ3) is 2.46. The fourth-order valence-corrected chi connectivity index (χ4v) is 2.12. The minimum Gasteiger partial charge on any atom is -0.437 e. The highest BCUT2D eigenvalue weighted by atomic mass is 32.2. The molecule has 0 aliphatic heterocycles. The molecule has 4 nitrogen and oxygen atoms in total. The highest BCUT2D eigenvalue weighted by Gasteiger charge is 2.13. The molecule has 18 heavy (non-hydrogen) atoms. The van der Waals surface area contributed by atoms with Crippen LogP contribution in [0.1, 0.15) is 12.6 Å². The van der Waals surface area contributed by atoms with Gasteiger partial charge in [0, 0.05) is 11.9 Å². The van der Waals surface area contributed by atoms with Crippen LogP contribution in [0.15, 0.2) is 29.2 Å². The summed E-state index contributed by atoms with van der Waals surface area (Å²) in [5.41, 5.74) is 7.49. The van der Waals surface area contributed by atoms with Crippen molar-refractivity contribution in [1.82, 2.24) is 9.78 Å². The quantitative estimate of drug-likeness (QED) is 0.861. The summed E-state index contributed by atoms with van der Waals surface area (Å²) in [4.78, 5) is 1.20. The maximum atomic E-state index is 6.01. The number of nitrogen functional groups attached to an aromatic ring is 1. The first kappa shape index (κ1) is 12.8. The lowest BCUT2D eigenvalue weighted by Crippen LogP contribution is -1.96. The first-order chi connectivity index (χ1) is 8.65. The first-order valence-electron chi connectivity index (χ1n) is 5.79. The number of nitrogens with two attached hydrogens (primary N) is 1. The second kappa shape index (κ2) is 5.35. The Morgan fingerprint density at radius 3 is 2.50 bits per heavy atom. The van der Waals surface area contributed by atoms with Gasteiger partial charge in [-0.2, -0.15) is 5.10 Å². The van der Waals surface area contributed by atoms with Crippen LogP contribution in [0.5, 0.6) is 11.6 Å². The normalized spacial score (nSPS) is 10.6. The molecule has 0 aliphatic rings. The summed E-state index contributed by atoms with van der Waals surface area (Å²) in [5, 5.41) is 4.32. The third-order valence-corrected chi connectivity index (χ3v) is 3.46. The van der Waals surface area contributed by atoms with Gasteiger partial charge in [0.1, 0.15) is 11.4 Å². The van der Waals surface area contributed by atoms with Gasteiger partial charge in [0.25, 0.3) is 0 Å². The van der Waals surface area contributed by atoms with E-state index < -0.39 is 0 Å². The number of aryl methyl sites for hydroxylation is 2. The average molecular weight is 263 g/mol. The Labute approximate surface area is 111 Å². The monoisotopic (exact) mass is 263 g/mol. The van der Waals surface area contributed by atoms with Gasteiger partial charge in [-0.05, 0) is 36.9 Å². The largest absolute Gasteiger partial charge is 0.437 e. The van der Waals surface area contributed by atoms with Crippen LogP contribution in [-0.4, -0.2) is 16.0 Å². The molecular weight excluding hydrogens is 246 g/mol. The van der Waals surface area contributed by atoms with Gasteiger partial charge in [-0.3, -0.25) is 0 Å². The molecule has 0 amide bonds. The van der Waals surface area contributed by atoms with Crippen molar-refractivity contribution in [3.8, 4) is 11.6 Å². The molecule has 0 atom stereocenters. The number of thioether (sulfide) groups is 1. The molecule has 0 unspecified atom stereocenters. The summed E-state index contributed by atoms with van der Waals surface area (Å²) in [7, 11) is 1.83. The van der Waals surface area contributed by atoms with E-state index in [0.29, 0.717) is 11.6 Å². The molecule has 0 radical (unpaired) electrons. The lowest BCUT2D eigenvalue weighted by Gasteiger charge is -2.07. The Balaban J connectivity index is 2.25. The molecule has 0 fully saturated rings. The zero-order chi connectivity index (χ0) is 13.1. The van der Waals surface area contributed by atoms with E-state index in [0.717, 1.165) is 17.9 Å². The molecule has 1 heterocycles. The summed E-state index contributed by atoms with van der Waals surface area (Å²) in [5.74, 6) is 1.37. The molecule has 0 saturated carbocycles. The highest BCUT2D eigenvalue weighted by molar-refractivity contribution is 7.98. The summed E-state index contributed by atoms with van der Waals surface area (Å²) in [6.07, 6.45) is 2.84. The lowest BCUT2D eigenvalue weighted by atomic mass is 10.3. The van der Waals surface area contributed by atoms with E-state index in [1.807, 2.05) is 44.5 Å². The number of aromatic nitrogens is 2. The third-order valence-electron chi connectivity index (χ3n) is 2.71. The minimum atomic E-state index is 0.601. The van der Waals surface area contributed by atoms with E-state index in [4.69, 9.17) is 10.5 Å². The molecule has 96 valence electrons. The van der Waals surface area contributed by atoms with Gasteiger partial charge in [0.15, 0.2) is 0 Å². The summed E-state index contributed by atoms with van der Waals surface area (Å²) in [6.45, 7) is 2.02. The topological polar surface area (TPSA) is 53.1 Å². The maximum Gasteiger partial charge on any atom is 0.241 e. The van der Waals surface area contributed by atoms with Crippen molar-refractivity contribution >= 4 is 17.4 Å². The van der Waals surface area contributed by atoms with E-state index in [9.17, 15) is 0 Å². The molecular formula is C13H17N3OS. The molecule has 5 heteroatoms. The number of benzene rings is 1. The van der Waals surface area contributed by atoms with Crippen molar-refractivity contribution in [2.45, 2.75) is 18.2 Å². The van der Waals surface area contributed by atoms with Crippen LogP contribution < -0.4 is 10.5 Å². The predicted molar refractivity (Wildman–Crippen MR) is 75.3 cm³/mol. The molecule has 0 spiro atoms. The number of ether oxygens (including phenoxy) is 1. The molecule has 2 aromatic rings. The molecule has 0 aliphatic carbocycles. The van der Waals surface area contributed by atoms with Crippen molar-refractivity contribution < 1.29 is 4.74 Å². The number of hydrogen-bond acceptors (Lipinski definition) is 4. The fraction of sp³-hybridized carbons (Fsp3) is 0.308. The SMILES string of the molecule is CCc1nn(C)c(Oc2ccc(SC)cc2)c1N. The molecule has 0 bridgehead atoms. The Hall–Kier alpha value is -1.62. The van der Waals surface area contributed by atoms with Crippen LogP contribution in [0.2, 0.25) is 0 Å². The molecule has 2 rings (SSSR count). The van der Waals surface area contributed by atoms with Crippen LogP contribution in [0.25, 0.3) is 0 Å². The second-order valence-electron chi connectivity index (χ2n) is 3.92. The Morgan fingerprint density at radius 1 is 1.33 bits per heavy atom. The van der Waals surface area contributed by atoms with E-state index in [2.05, 4.69) is 5.10 Å². The zero-order valence-electron chi connectivity index (χ0n) is 10.8. The summed E-state index contributed by atoms with van der Waals surface area (Å²) < 4.78 is 7.47. The lowest BCUT2D eigenvalue weighted by molar-refractivity contribution is 0.432. The second-order valence-corrected chi connectivity index (χ2v) is 4.80. The van der Waals surface area contributed by atoms with Gasteiger partial charge in [-0.1, -0.05) is 6.92 Å². The minimum absolute atomic E-state index is 0.601. The summed E-state index contributed by atoms with van der Waals surface area (Å²) in [6, 6.07) is 7.91. The molecule has 1 aromatic carbocycles. The highest BCUT2D eigenvalue weighted by Crippen LogP contribution is 2.30. The number of rotatable bonds is 4. The first-order valence-corrected chi connectivity index (χ1v) is 7.01. The van der Waals surface area contributed by atoms with Crippen LogP contribution in [0.4, 0.5) is 5.69 Å². The fourth-order valence-electron chi connectivity index (χ4n) is 1.72. The van der Waals surface area contributed by atoms with Gasteiger partial charge in [-0.25, -0.2) is 4.68 Å².